The highest BCUT2D eigenvalue weighted by Crippen LogP contribution is 2.17. The summed E-state index contributed by atoms with van der Waals surface area (Å²) in [6.07, 6.45) is 3.42. The van der Waals surface area contributed by atoms with Gasteiger partial charge in [-0.3, -0.25) is 9.89 Å². The SMILES string of the molecule is CN=C(NCc1ccc(-n2ccnc2C)c(F)c1)NCC(C)(C)N1CCOCC1. The van der Waals surface area contributed by atoms with Gasteiger partial charge in [0.05, 0.1) is 18.9 Å². The lowest BCUT2D eigenvalue weighted by Crippen LogP contribution is -2.56. The second-order valence-electron chi connectivity index (χ2n) is 7.82. The van der Waals surface area contributed by atoms with Crippen LogP contribution >= 0.6 is 0 Å². The Morgan fingerprint density at radius 2 is 2.03 bits per heavy atom. The molecule has 0 unspecified atom stereocenters. The van der Waals surface area contributed by atoms with Crippen LogP contribution < -0.4 is 10.6 Å². The molecule has 1 saturated heterocycles. The lowest BCUT2D eigenvalue weighted by atomic mass is 10.0. The number of nitrogens with one attached hydrogen (secondary N) is 2. The van der Waals surface area contributed by atoms with Crippen LogP contribution in [0.4, 0.5) is 4.39 Å². The summed E-state index contributed by atoms with van der Waals surface area (Å²) in [7, 11) is 1.74. The molecule has 29 heavy (non-hydrogen) atoms. The average Bonchev–Trinajstić information content (AvgIpc) is 3.14. The molecule has 0 radical (unpaired) electrons. The number of hydrogen-bond donors (Lipinski definition) is 2. The van der Waals surface area contributed by atoms with E-state index in [1.807, 2.05) is 13.0 Å². The maximum absolute atomic E-state index is 14.6. The molecule has 1 aliphatic heterocycles. The molecule has 1 aromatic heterocycles. The minimum absolute atomic E-state index is 0.0161. The van der Waals surface area contributed by atoms with E-state index in [1.54, 1.807) is 36.1 Å². The van der Waals surface area contributed by atoms with E-state index in [1.165, 1.54) is 0 Å². The predicted octanol–water partition coefficient (Wildman–Crippen LogP) is 2.10. The van der Waals surface area contributed by atoms with Crippen molar-refractivity contribution >= 4 is 5.96 Å². The van der Waals surface area contributed by atoms with Crippen molar-refractivity contribution in [3.63, 3.8) is 0 Å². The maximum atomic E-state index is 14.6. The average molecular weight is 403 g/mol. The molecule has 0 atom stereocenters. The quantitative estimate of drug-likeness (QED) is 0.572. The van der Waals surface area contributed by atoms with Crippen LogP contribution in [0.3, 0.4) is 0 Å². The Kier molecular flexibility index (Phi) is 6.87. The summed E-state index contributed by atoms with van der Waals surface area (Å²) in [5, 5.41) is 6.65. The predicted molar refractivity (Wildman–Crippen MR) is 113 cm³/mol. The molecule has 158 valence electrons. The van der Waals surface area contributed by atoms with Crippen molar-refractivity contribution < 1.29 is 9.13 Å². The number of halogens is 1. The Hall–Kier alpha value is -2.45. The zero-order chi connectivity index (χ0) is 20.9. The number of ether oxygens (including phenoxy) is 1. The summed E-state index contributed by atoms with van der Waals surface area (Å²) >= 11 is 0. The summed E-state index contributed by atoms with van der Waals surface area (Å²) in [4.78, 5) is 10.9. The standard InChI is InChI=1S/C21H31FN6O/c1-16-24-7-8-28(16)19-6-5-17(13-18(19)22)14-25-20(23-4)26-15-21(2,3)27-9-11-29-12-10-27/h5-8,13H,9-12,14-15H2,1-4H3,(H2,23,25,26). The van der Waals surface area contributed by atoms with Crippen molar-refractivity contribution in [3.05, 3.63) is 47.8 Å². The number of aromatic nitrogens is 2. The number of morpholine rings is 1. The molecule has 7 nitrogen and oxygen atoms in total. The van der Waals surface area contributed by atoms with Gasteiger partial charge in [-0.05, 0) is 38.5 Å². The van der Waals surface area contributed by atoms with E-state index in [-0.39, 0.29) is 11.4 Å². The molecule has 0 amide bonds. The van der Waals surface area contributed by atoms with Crippen LogP contribution in [-0.2, 0) is 11.3 Å². The fourth-order valence-corrected chi connectivity index (χ4v) is 3.48. The van der Waals surface area contributed by atoms with E-state index in [0.717, 1.165) is 44.2 Å². The smallest absolute Gasteiger partial charge is 0.191 e. The molecule has 2 heterocycles. The number of aryl methyl sites for hydroxylation is 1. The van der Waals surface area contributed by atoms with Crippen molar-refractivity contribution in [2.45, 2.75) is 32.9 Å². The third kappa shape index (κ3) is 5.33. The Morgan fingerprint density at radius 1 is 1.28 bits per heavy atom. The molecule has 3 rings (SSSR count). The Balaban J connectivity index is 1.55. The molecular formula is C21H31FN6O. The Labute approximate surface area is 172 Å². The fourth-order valence-electron chi connectivity index (χ4n) is 3.48. The van der Waals surface area contributed by atoms with Gasteiger partial charge in [0.25, 0.3) is 0 Å². The second kappa shape index (κ2) is 9.37. The number of nitrogens with zero attached hydrogens (tertiary/aromatic N) is 4. The highest BCUT2D eigenvalue weighted by molar-refractivity contribution is 5.79. The van der Waals surface area contributed by atoms with Crippen LogP contribution in [-0.4, -0.2) is 65.8 Å². The molecule has 2 N–H and O–H groups in total. The molecule has 0 aliphatic carbocycles. The Bertz CT molecular complexity index is 841. The number of rotatable bonds is 6. The minimum Gasteiger partial charge on any atom is -0.379 e. The number of guanidine groups is 1. The van der Waals surface area contributed by atoms with Crippen molar-refractivity contribution in [2.24, 2.45) is 4.99 Å². The first-order valence-corrected chi connectivity index (χ1v) is 9.97. The lowest BCUT2D eigenvalue weighted by molar-refractivity contribution is -0.00834. The molecular weight excluding hydrogens is 371 g/mol. The summed E-state index contributed by atoms with van der Waals surface area (Å²) in [5.74, 6) is 1.17. The molecule has 1 aliphatic rings. The molecule has 0 saturated carbocycles. The minimum atomic E-state index is -0.276. The monoisotopic (exact) mass is 402 g/mol. The molecule has 1 fully saturated rings. The van der Waals surface area contributed by atoms with Gasteiger partial charge in [0.15, 0.2) is 5.96 Å². The molecule has 0 bridgehead atoms. The normalized spacial score (nSPS) is 16.1. The number of hydrogen-bond acceptors (Lipinski definition) is 4. The van der Waals surface area contributed by atoms with Crippen LogP contribution in [0.25, 0.3) is 5.69 Å². The fraction of sp³-hybridized carbons (Fsp3) is 0.524. The summed E-state index contributed by atoms with van der Waals surface area (Å²) in [5.41, 5.74) is 1.33. The third-order valence-corrected chi connectivity index (χ3v) is 5.34. The number of benzene rings is 1. The number of aliphatic imine (C=N–C) groups is 1. The van der Waals surface area contributed by atoms with Gasteiger partial charge in [0.2, 0.25) is 0 Å². The van der Waals surface area contributed by atoms with Crippen LogP contribution in [0.15, 0.2) is 35.6 Å². The topological polar surface area (TPSA) is 66.7 Å². The first-order valence-electron chi connectivity index (χ1n) is 9.97. The van der Waals surface area contributed by atoms with Gasteiger partial charge in [-0.1, -0.05) is 6.07 Å². The van der Waals surface area contributed by atoms with E-state index in [9.17, 15) is 4.39 Å². The molecule has 2 aromatic rings. The third-order valence-electron chi connectivity index (χ3n) is 5.34. The zero-order valence-corrected chi connectivity index (χ0v) is 17.7. The van der Waals surface area contributed by atoms with E-state index < -0.39 is 0 Å². The van der Waals surface area contributed by atoms with E-state index in [4.69, 9.17) is 4.74 Å². The lowest BCUT2D eigenvalue weighted by Gasteiger charge is -2.41. The van der Waals surface area contributed by atoms with E-state index in [2.05, 4.69) is 39.4 Å². The largest absolute Gasteiger partial charge is 0.379 e. The van der Waals surface area contributed by atoms with Crippen molar-refractivity contribution in [1.82, 2.24) is 25.1 Å². The van der Waals surface area contributed by atoms with Crippen molar-refractivity contribution in [3.8, 4) is 5.69 Å². The maximum Gasteiger partial charge on any atom is 0.191 e. The van der Waals surface area contributed by atoms with Crippen LogP contribution in [0.1, 0.15) is 25.2 Å². The summed E-state index contributed by atoms with van der Waals surface area (Å²) in [6, 6.07) is 5.24. The van der Waals surface area contributed by atoms with Gasteiger partial charge in [-0.2, -0.15) is 0 Å². The van der Waals surface area contributed by atoms with Crippen LogP contribution in [0, 0.1) is 12.7 Å². The first-order chi connectivity index (χ1) is 13.9. The van der Waals surface area contributed by atoms with Gasteiger partial charge < -0.3 is 19.9 Å². The van der Waals surface area contributed by atoms with Crippen LogP contribution in [0.5, 0.6) is 0 Å². The summed E-state index contributed by atoms with van der Waals surface area (Å²) < 4.78 is 21.8. The summed E-state index contributed by atoms with van der Waals surface area (Å²) in [6.45, 7) is 10.9. The van der Waals surface area contributed by atoms with E-state index in [0.29, 0.717) is 18.2 Å². The molecule has 8 heteroatoms. The molecule has 1 aromatic carbocycles. The highest BCUT2D eigenvalue weighted by atomic mass is 19.1. The van der Waals surface area contributed by atoms with Crippen LogP contribution in [0.2, 0.25) is 0 Å². The zero-order valence-electron chi connectivity index (χ0n) is 17.7. The highest BCUT2D eigenvalue weighted by Gasteiger charge is 2.28. The van der Waals surface area contributed by atoms with Gasteiger partial charge in [-0.15, -0.1) is 0 Å². The van der Waals surface area contributed by atoms with Gasteiger partial charge in [0, 0.05) is 51.2 Å². The van der Waals surface area contributed by atoms with Gasteiger partial charge in [0.1, 0.15) is 11.6 Å². The second-order valence-corrected chi connectivity index (χ2v) is 7.82. The van der Waals surface area contributed by atoms with Crippen molar-refractivity contribution in [2.75, 3.05) is 39.9 Å². The Morgan fingerprint density at radius 3 is 2.66 bits per heavy atom. The van der Waals surface area contributed by atoms with Crippen molar-refractivity contribution in [1.29, 1.82) is 0 Å². The van der Waals surface area contributed by atoms with E-state index >= 15 is 0 Å². The first kappa shape index (κ1) is 21.3. The number of imidazole rings is 1. The van der Waals surface area contributed by atoms with Gasteiger partial charge in [-0.25, -0.2) is 9.37 Å². The van der Waals surface area contributed by atoms with Gasteiger partial charge >= 0.3 is 0 Å². The molecule has 0 spiro atoms.